The van der Waals surface area contributed by atoms with Gasteiger partial charge in [-0.3, -0.25) is 24.1 Å². The van der Waals surface area contributed by atoms with Gasteiger partial charge < -0.3 is 20.9 Å². The third kappa shape index (κ3) is 12.6. The van der Waals surface area contributed by atoms with Crippen molar-refractivity contribution >= 4 is 39.6 Å². The average molecular weight is 752 g/mol. The highest BCUT2D eigenvalue weighted by atomic mass is 35.5. The molecular weight excluding hydrogens is 692 g/mol. The number of nitrogens with one attached hydrogen (secondary N) is 3. The first-order valence-electron chi connectivity index (χ1n) is 18.6. The summed E-state index contributed by atoms with van der Waals surface area (Å²) >= 11 is 5.44. The number of anilines is 3. The van der Waals surface area contributed by atoms with Crippen LogP contribution in [-0.2, 0) is 0 Å². The predicted molar refractivity (Wildman–Crippen MR) is 222 cm³/mol. The first kappa shape index (κ1) is 43.0. The first-order valence-corrected chi connectivity index (χ1v) is 19.0. The molecule has 13 heteroatoms. The molecule has 2 aliphatic rings. The van der Waals surface area contributed by atoms with Gasteiger partial charge >= 0.3 is 11.4 Å². The highest BCUT2D eigenvalue weighted by molar-refractivity contribution is 6.29. The normalized spacial score (nSPS) is 14.8. The number of aromatic amines is 2. The van der Waals surface area contributed by atoms with Gasteiger partial charge in [0.05, 0.1) is 6.92 Å². The van der Waals surface area contributed by atoms with Crippen molar-refractivity contribution in [3.63, 3.8) is 0 Å². The van der Waals surface area contributed by atoms with Gasteiger partial charge in [0.25, 0.3) is 11.1 Å². The van der Waals surface area contributed by atoms with E-state index in [1.165, 1.54) is 84.1 Å². The Kier molecular flexibility index (Phi) is 16.8. The van der Waals surface area contributed by atoms with Crippen molar-refractivity contribution in [3.05, 3.63) is 102 Å². The van der Waals surface area contributed by atoms with Crippen molar-refractivity contribution in [2.75, 3.05) is 56.4 Å². The molecule has 0 spiro atoms. The van der Waals surface area contributed by atoms with Gasteiger partial charge in [-0.2, -0.15) is 0 Å². The highest BCUT2D eigenvalue weighted by Crippen LogP contribution is 2.33. The Bertz CT molecular complexity index is 1860. The minimum absolute atomic E-state index is 0.0434. The number of rotatable bonds is 8. The van der Waals surface area contributed by atoms with Gasteiger partial charge in [0, 0.05) is 69.7 Å². The summed E-state index contributed by atoms with van der Waals surface area (Å²) in [6.07, 6.45) is 10.7. The van der Waals surface area contributed by atoms with Gasteiger partial charge in [0.15, 0.2) is 6.04 Å². The minimum atomic E-state index is -0.532. The fraction of sp³-hybridized carbons (Fsp3) is 0.525. The van der Waals surface area contributed by atoms with Crippen molar-refractivity contribution in [1.29, 1.82) is 0 Å². The molecule has 1 unspecified atom stereocenters. The SMILES string of the molecule is CC(C)n1c(=O)cc(NCC2CCCC2)[nH]c1=O.CN(C)c1cccc2cccc(N(C)C)c12.NCC1CCCC1.[CH2+]C(C)n1c(=O)cc(Cl)[nH]c1=O. The Balaban J connectivity index is 0.000000199. The van der Waals surface area contributed by atoms with Crippen molar-refractivity contribution in [2.45, 2.75) is 84.2 Å². The Labute approximate surface area is 318 Å². The van der Waals surface area contributed by atoms with Crippen molar-refractivity contribution < 1.29 is 0 Å². The largest absolute Gasteiger partial charge is 0.377 e. The molecule has 53 heavy (non-hydrogen) atoms. The number of hydrogen-bond acceptors (Lipinski definition) is 8. The van der Waals surface area contributed by atoms with Gasteiger partial charge in [-0.05, 0) is 82.4 Å². The lowest BCUT2D eigenvalue weighted by Gasteiger charge is -2.21. The summed E-state index contributed by atoms with van der Waals surface area (Å²) in [7, 11) is 8.34. The van der Waals surface area contributed by atoms with E-state index in [1.807, 2.05) is 13.8 Å². The summed E-state index contributed by atoms with van der Waals surface area (Å²) in [6, 6.07) is 15.0. The molecule has 0 saturated heterocycles. The highest BCUT2D eigenvalue weighted by Gasteiger charge is 2.16. The van der Waals surface area contributed by atoms with Gasteiger partial charge in [-0.15, -0.1) is 0 Å². The Morgan fingerprint density at radius 2 is 1.28 bits per heavy atom. The van der Waals surface area contributed by atoms with Crippen LogP contribution in [0, 0.1) is 18.8 Å². The fourth-order valence-corrected chi connectivity index (χ4v) is 6.92. The van der Waals surface area contributed by atoms with E-state index in [-0.39, 0.29) is 22.4 Å². The van der Waals surface area contributed by atoms with Crippen LogP contribution >= 0.6 is 11.6 Å². The third-order valence-corrected chi connectivity index (χ3v) is 9.75. The van der Waals surface area contributed by atoms with Crippen LogP contribution in [0.4, 0.5) is 17.2 Å². The molecule has 290 valence electrons. The van der Waals surface area contributed by atoms with Crippen LogP contribution in [0.2, 0.25) is 5.15 Å². The van der Waals surface area contributed by atoms with Crippen LogP contribution in [0.25, 0.3) is 10.8 Å². The summed E-state index contributed by atoms with van der Waals surface area (Å²) in [5, 5.41) is 5.82. The number of aromatic nitrogens is 4. The van der Waals surface area contributed by atoms with E-state index in [4.69, 9.17) is 17.3 Å². The maximum Gasteiger partial charge on any atom is 0.333 e. The lowest BCUT2D eigenvalue weighted by atomic mass is 10.1. The molecule has 0 aliphatic heterocycles. The number of fused-ring (bicyclic) bond motifs is 1. The van der Waals surface area contributed by atoms with Crippen LogP contribution in [0.1, 0.15) is 84.2 Å². The second-order valence-electron chi connectivity index (χ2n) is 14.6. The zero-order valence-electron chi connectivity index (χ0n) is 32.6. The average Bonchev–Trinajstić information content (AvgIpc) is 3.82. The van der Waals surface area contributed by atoms with E-state index in [1.54, 1.807) is 6.92 Å². The van der Waals surface area contributed by atoms with Crippen LogP contribution in [0.3, 0.4) is 0 Å². The van der Waals surface area contributed by atoms with Crippen molar-refractivity contribution in [2.24, 2.45) is 17.6 Å². The molecule has 0 bridgehead atoms. The van der Waals surface area contributed by atoms with Gasteiger partial charge in [-0.1, -0.05) is 61.5 Å². The van der Waals surface area contributed by atoms with Gasteiger partial charge in [0.1, 0.15) is 11.0 Å². The van der Waals surface area contributed by atoms with Crippen LogP contribution in [-0.4, -0.2) is 60.4 Å². The van der Waals surface area contributed by atoms with Crippen molar-refractivity contribution in [3.8, 4) is 0 Å². The second-order valence-corrected chi connectivity index (χ2v) is 15.0. The molecule has 6 rings (SSSR count). The van der Waals surface area contributed by atoms with E-state index >= 15 is 0 Å². The molecule has 0 radical (unpaired) electrons. The maximum absolute atomic E-state index is 11.8. The quantitative estimate of drug-likeness (QED) is 0.119. The monoisotopic (exact) mass is 751 g/mol. The Morgan fingerprint density at radius 1 is 0.792 bits per heavy atom. The molecule has 5 N–H and O–H groups in total. The summed E-state index contributed by atoms with van der Waals surface area (Å²) in [5.41, 5.74) is 6.41. The van der Waals surface area contributed by atoms with Gasteiger partial charge in [0.2, 0.25) is 0 Å². The lowest BCUT2D eigenvalue weighted by molar-refractivity contribution is 0.544. The third-order valence-electron chi connectivity index (χ3n) is 9.54. The number of halogens is 1. The zero-order chi connectivity index (χ0) is 39.2. The van der Waals surface area contributed by atoms with E-state index in [9.17, 15) is 19.2 Å². The number of nitrogens with two attached hydrogens (primary N) is 1. The second kappa shape index (κ2) is 20.7. The molecule has 2 fully saturated rings. The number of hydrogen-bond donors (Lipinski definition) is 4. The molecule has 2 aromatic carbocycles. The fourth-order valence-electron chi connectivity index (χ4n) is 6.74. The molecule has 2 saturated carbocycles. The first-order chi connectivity index (χ1) is 25.1. The maximum atomic E-state index is 11.8. The number of H-pyrrole nitrogens is 2. The zero-order valence-corrected chi connectivity index (χ0v) is 33.3. The molecule has 2 heterocycles. The number of nitrogens with zero attached hydrogens (tertiary/aromatic N) is 4. The molecular formula is C40H60ClN8O4+. The van der Waals surface area contributed by atoms with E-state index < -0.39 is 17.3 Å². The smallest absolute Gasteiger partial charge is 0.333 e. The number of benzene rings is 2. The summed E-state index contributed by atoms with van der Waals surface area (Å²) in [4.78, 5) is 55.1. The predicted octanol–water partition coefficient (Wildman–Crippen LogP) is 6.41. The Morgan fingerprint density at radius 3 is 1.70 bits per heavy atom. The topological polar surface area (TPSA) is 154 Å². The van der Waals surface area contributed by atoms with E-state index in [2.05, 4.69) is 96.6 Å². The van der Waals surface area contributed by atoms with Crippen LogP contribution in [0.15, 0.2) is 67.7 Å². The molecule has 4 aromatic rings. The molecule has 1 atom stereocenters. The van der Waals surface area contributed by atoms with Crippen molar-refractivity contribution in [1.82, 2.24) is 19.1 Å². The molecule has 2 aliphatic carbocycles. The van der Waals surface area contributed by atoms with Gasteiger partial charge in [-0.25, -0.2) is 14.2 Å². The van der Waals surface area contributed by atoms with E-state index in [0.717, 1.165) is 29.6 Å². The summed E-state index contributed by atoms with van der Waals surface area (Å²) < 4.78 is 2.21. The van der Waals surface area contributed by atoms with Crippen LogP contribution < -0.4 is 43.3 Å². The van der Waals surface area contributed by atoms with E-state index in [0.29, 0.717) is 11.7 Å². The minimum Gasteiger partial charge on any atom is -0.377 e. The van der Waals surface area contributed by atoms with Crippen LogP contribution in [0.5, 0.6) is 0 Å². The standard InChI is InChI=1S/C14H18N2.C13H21N3O2.C7H7ClN2O2.C6H13N/c1-15(2)12-9-5-7-11-8-6-10-13(14(11)12)16(3)4;1-9(2)16-12(17)7-11(15-13(16)18)14-8-10-5-3-4-6-10;1-4(2)10-6(11)3-5(8)9-7(10)12;7-5-6-3-1-2-4-6/h5-10H,1-4H3;7,9-10,14H,3-6,8H2,1-2H3,(H,15,18);3-4H,1H2,2H3;6H,1-5,7H2/p+1. The summed E-state index contributed by atoms with van der Waals surface area (Å²) in [6.45, 7) is 10.6. The molecule has 2 aromatic heterocycles. The summed E-state index contributed by atoms with van der Waals surface area (Å²) in [5.74, 6) is 2.08. The molecule has 0 amide bonds. The Hall–Kier alpha value is -4.42. The molecule has 12 nitrogen and oxygen atoms in total. The lowest BCUT2D eigenvalue weighted by Crippen LogP contribution is -2.36.